The first kappa shape index (κ1) is 19.0. The molecule has 4 rings (SSSR count). The van der Waals surface area contributed by atoms with Gasteiger partial charge in [0.15, 0.2) is 5.75 Å². The van der Waals surface area contributed by atoms with Gasteiger partial charge < -0.3 is 9.72 Å². The molecule has 0 atom stereocenters. The third kappa shape index (κ3) is 3.93. The van der Waals surface area contributed by atoms with Crippen LogP contribution in [0.25, 0.3) is 22.5 Å². The molecule has 0 aliphatic heterocycles. The molecule has 3 aromatic carbocycles. The second-order valence-corrected chi connectivity index (χ2v) is 6.33. The van der Waals surface area contributed by atoms with E-state index in [4.69, 9.17) is 4.74 Å². The molecule has 8 heteroatoms. The molecule has 0 spiro atoms. The molecule has 4 aromatic rings. The van der Waals surface area contributed by atoms with E-state index >= 15 is 0 Å². The van der Waals surface area contributed by atoms with Gasteiger partial charge in [-0.1, -0.05) is 60.7 Å². The van der Waals surface area contributed by atoms with Crippen molar-refractivity contribution in [2.45, 2.75) is 0 Å². The van der Waals surface area contributed by atoms with Crippen molar-refractivity contribution in [2.75, 3.05) is 7.11 Å². The second-order valence-electron chi connectivity index (χ2n) is 6.33. The Morgan fingerprint density at radius 2 is 1.60 bits per heavy atom. The van der Waals surface area contributed by atoms with Gasteiger partial charge in [-0.3, -0.25) is 10.1 Å². The Bertz CT molecular complexity index is 1150. The highest BCUT2D eigenvalue weighted by atomic mass is 16.6. The van der Waals surface area contributed by atoms with Gasteiger partial charge in [-0.2, -0.15) is 0 Å². The minimum absolute atomic E-state index is 0.0819. The highest BCUT2D eigenvalue weighted by Crippen LogP contribution is 2.35. The molecule has 1 N–H and O–H groups in total. The summed E-state index contributed by atoms with van der Waals surface area (Å²) in [6.07, 6.45) is 0. The van der Waals surface area contributed by atoms with Crippen LogP contribution >= 0.6 is 0 Å². The Balaban J connectivity index is 1.74. The Kier molecular flexibility index (Phi) is 5.29. The van der Waals surface area contributed by atoms with Crippen LogP contribution in [0.2, 0.25) is 0 Å². The maximum atomic E-state index is 11.0. The number of nitrogens with one attached hydrogen (secondary N) is 1. The van der Waals surface area contributed by atoms with Gasteiger partial charge in [0, 0.05) is 17.2 Å². The molecule has 1 aromatic heterocycles. The van der Waals surface area contributed by atoms with E-state index in [2.05, 4.69) is 20.2 Å². The number of azo groups is 1. The molecule has 0 saturated heterocycles. The third-order valence-corrected chi connectivity index (χ3v) is 4.43. The first-order chi connectivity index (χ1) is 14.7. The Morgan fingerprint density at radius 1 is 0.933 bits per heavy atom. The molecule has 0 bridgehead atoms. The molecule has 148 valence electrons. The number of hydrogen-bond acceptors (Lipinski definition) is 6. The predicted molar refractivity (Wildman–Crippen MR) is 113 cm³/mol. The number of hydrogen-bond donors (Lipinski definition) is 1. The van der Waals surface area contributed by atoms with Gasteiger partial charge in [-0.05, 0) is 6.07 Å². The van der Waals surface area contributed by atoms with Crippen molar-refractivity contribution in [2.24, 2.45) is 10.2 Å². The van der Waals surface area contributed by atoms with Crippen molar-refractivity contribution < 1.29 is 9.66 Å². The van der Waals surface area contributed by atoms with Crippen LogP contribution in [-0.2, 0) is 0 Å². The molecule has 0 unspecified atom stereocenters. The highest BCUT2D eigenvalue weighted by Gasteiger charge is 2.15. The molecular formula is C22H17N5O3. The van der Waals surface area contributed by atoms with Crippen LogP contribution in [0.4, 0.5) is 17.3 Å². The first-order valence-corrected chi connectivity index (χ1v) is 9.10. The van der Waals surface area contributed by atoms with Crippen molar-refractivity contribution in [3.05, 3.63) is 89.0 Å². The Hall–Kier alpha value is -4.33. The van der Waals surface area contributed by atoms with Gasteiger partial charge >= 0.3 is 0 Å². The molecule has 30 heavy (non-hydrogen) atoms. The maximum absolute atomic E-state index is 11.0. The summed E-state index contributed by atoms with van der Waals surface area (Å²) in [6, 6.07) is 23.8. The molecule has 0 fully saturated rings. The molecule has 0 radical (unpaired) electrons. The number of imidazole rings is 1. The van der Waals surface area contributed by atoms with Crippen molar-refractivity contribution in [1.29, 1.82) is 0 Å². The van der Waals surface area contributed by atoms with Crippen LogP contribution in [0.1, 0.15) is 0 Å². The number of methoxy groups -OCH3 is 1. The fourth-order valence-corrected chi connectivity index (χ4v) is 2.99. The summed E-state index contributed by atoms with van der Waals surface area (Å²) in [4.78, 5) is 18.3. The topological polar surface area (TPSA) is 106 Å². The van der Waals surface area contributed by atoms with Gasteiger partial charge in [-0.25, -0.2) is 4.98 Å². The Labute approximate surface area is 172 Å². The lowest BCUT2D eigenvalue weighted by Gasteiger charge is -2.02. The zero-order valence-electron chi connectivity index (χ0n) is 16.0. The molecule has 8 nitrogen and oxygen atoms in total. The minimum Gasteiger partial charge on any atom is -0.494 e. The van der Waals surface area contributed by atoms with Crippen LogP contribution in [0.3, 0.4) is 0 Å². The number of nitrogens with zero attached hydrogens (tertiary/aromatic N) is 4. The summed E-state index contributed by atoms with van der Waals surface area (Å²) in [5.41, 5.74) is 3.78. The zero-order chi connectivity index (χ0) is 20.9. The number of ether oxygens (including phenoxy) is 1. The van der Waals surface area contributed by atoms with Crippen LogP contribution in [0.15, 0.2) is 89.1 Å². The van der Waals surface area contributed by atoms with E-state index in [9.17, 15) is 10.1 Å². The van der Waals surface area contributed by atoms with Gasteiger partial charge in [0.1, 0.15) is 5.69 Å². The standard InChI is InChI=1S/C22H17N5O3/c1-30-19-14-17(27(28)29)12-13-18(19)25-26-22-23-20(15-8-4-2-5-9-15)21(24-22)16-10-6-3-7-11-16/h2-14H,1H3,(H,23,24). The fraction of sp³-hybridized carbons (Fsp3) is 0.0455. The van der Waals surface area contributed by atoms with Crippen molar-refractivity contribution in [1.82, 2.24) is 9.97 Å². The lowest BCUT2D eigenvalue weighted by molar-refractivity contribution is -0.384. The third-order valence-electron chi connectivity index (χ3n) is 4.43. The number of benzene rings is 3. The van der Waals surface area contributed by atoms with E-state index in [0.29, 0.717) is 11.6 Å². The molecule has 0 aliphatic carbocycles. The lowest BCUT2D eigenvalue weighted by Crippen LogP contribution is -1.89. The average molecular weight is 399 g/mol. The summed E-state index contributed by atoms with van der Waals surface area (Å²) in [6.45, 7) is 0. The zero-order valence-corrected chi connectivity index (χ0v) is 16.0. The largest absolute Gasteiger partial charge is 0.494 e. The number of aromatic amines is 1. The lowest BCUT2D eigenvalue weighted by atomic mass is 10.1. The maximum Gasteiger partial charge on any atom is 0.273 e. The summed E-state index contributed by atoms with van der Waals surface area (Å²) in [7, 11) is 1.42. The molecule has 0 amide bonds. The number of nitro groups is 1. The van der Waals surface area contributed by atoms with Gasteiger partial charge in [0.05, 0.1) is 29.5 Å². The monoisotopic (exact) mass is 399 g/mol. The molecule has 1 heterocycles. The quantitative estimate of drug-likeness (QED) is 0.241. The van der Waals surface area contributed by atoms with Gasteiger partial charge in [0.2, 0.25) is 5.95 Å². The number of rotatable bonds is 6. The molecule has 0 aliphatic rings. The van der Waals surface area contributed by atoms with E-state index < -0.39 is 4.92 Å². The predicted octanol–water partition coefficient (Wildman–Crippen LogP) is 6.08. The van der Waals surface area contributed by atoms with Gasteiger partial charge in [-0.15, -0.1) is 10.2 Å². The number of aromatic nitrogens is 2. The summed E-state index contributed by atoms with van der Waals surface area (Å²) >= 11 is 0. The SMILES string of the molecule is COc1cc([N+](=O)[O-])ccc1N=Nc1nc(-c2ccccc2)c(-c2ccccc2)[nH]1. The molecular weight excluding hydrogens is 382 g/mol. The fourth-order valence-electron chi connectivity index (χ4n) is 2.99. The van der Waals surface area contributed by atoms with E-state index in [1.54, 1.807) is 0 Å². The van der Waals surface area contributed by atoms with E-state index in [0.717, 1.165) is 22.5 Å². The summed E-state index contributed by atoms with van der Waals surface area (Å²) < 4.78 is 5.20. The second kappa shape index (κ2) is 8.36. The smallest absolute Gasteiger partial charge is 0.273 e. The first-order valence-electron chi connectivity index (χ1n) is 9.10. The minimum atomic E-state index is -0.492. The number of H-pyrrole nitrogens is 1. The Morgan fingerprint density at radius 3 is 2.23 bits per heavy atom. The van der Waals surface area contributed by atoms with Gasteiger partial charge in [0.25, 0.3) is 5.69 Å². The summed E-state index contributed by atoms with van der Waals surface area (Å²) in [5.74, 6) is 0.569. The van der Waals surface area contributed by atoms with Crippen LogP contribution in [-0.4, -0.2) is 22.0 Å². The highest BCUT2D eigenvalue weighted by molar-refractivity contribution is 5.79. The summed E-state index contributed by atoms with van der Waals surface area (Å²) in [5, 5.41) is 19.3. The van der Waals surface area contributed by atoms with Crippen LogP contribution in [0.5, 0.6) is 5.75 Å². The number of nitro benzene ring substituents is 1. The normalized spacial score (nSPS) is 11.0. The number of non-ortho nitro benzene ring substituents is 1. The van der Waals surface area contributed by atoms with E-state index in [-0.39, 0.29) is 11.4 Å². The van der Waals surface area contributed by atoms with Crippen molar-refractivity contribution >= 4 is 17.3 Å². The average Bonchev–Trinajstić information content (AvgIpc) is 3.23. The van der Waals surface area contributed by atoms with Crippen molar-refractivity contribution in [3.8, 4) is 28.3 Å². The molecule has 0 saturated carbocycles. The van der Waals surface area contributed by atoms with E-state index in [1.807, 2.05) is 60.7 Å². The van der Waals surface area contributed by atoms with Crippen LogP contribution in [0, 0.1) is 10.1 Å². The van der Waals surface area contributed by atoms with E-state index in [1.165, 1.54) is 25.3 Å². The van der Waals surface area contributed by atoms with Crippen molar-refractivity contribution in [3.63, 3.8) is 0 Å². The van der Waals surface area contributed by atoms with Crippen LogP contribution < -0.4 is 4.74 Å².